The van der Waals surface area contributed by atoms with E-state index in [9.17, 15) is 9.59 Å². The molecule has 17 heavy (non-hydrogen) atoms. The van der Waals surface area contributed by atoms with E-state index in [4.69, 9.17) is 0 Å². The van der Waals surface area contributed by atoms with Crippen LogP contribution >= 0.6 is 0 Å². The first-order valence-electron chi connectivity index (χ1n) is 6.07. The average molecular weight is 234 g/mol. The number of allylic oxidation sites excluding steroid dienone is 2. The molecule has 2 atom stereocenters. The van der Waals surface area contributed by atoms with Gasteiger partial charge in [-0.25, -0.2) is 0 Å². The Morgan fingerprint density at radius 3 is 2.88 bits per heavy atom. The molecular formula is C13H18N2O2. The molecule has 0 radical (unpaired) electrons. The lowest BCUT2D eigenvalue weighted by molar-refractivity contribution is -0.138. The minimum atomic E-state index is -0.215. The lowest BCUT2D eigenvalue weighted by Gasteiger charge is -2.39. The van der Waals surface area contributed by atoms with Crippen molar-refractivity contribution < 1.29 is 9.59 Å². The number of carbonyl (C=O) groups excluding carboxylic acids is 2. The molecule has 1 aliphatic carbocycles. The van der Waals surface area contributed by atoms with E-state index in [0.717, 1.165) is 19.4 Å². The smallest absolute Gasteiger partial charge is 0.232 e. The maximum absolute atomic E-state index is 12.0. The van der Waals surface area contributed by atoms with E-state index in [1.54, 1.807) is 7.05 Å². The fraction of sp³-hybridized carbons (Fsp3) is 0.538. The van der Waals surface area contributed by atoms with Gasteiger partial charge in [-0.3, -0.25) is 9.59 Å². The van der Waals surface area contributed by atoms with Gasteiger partial charge in [0.25, 0.3) is 0 Å². The summed E-state index contributed by atoms with van der Waals surface area (Å²) < 4.78 is 0. The Morgan fingerprint density at radius 2 is 2.12 bits per heavy atom. The number of nitrogens with one attached hydrogen (secondary N) is 1. The Labute approximate surface area is 101 Å². The van der Waals surface area contributed by atoms with Crippen molar-refractivity contribution in [3.8, 4) is 0 Å². The largest absolute Gasteiger partial charge is 0.359 e. The molecule has 4 nitrogen and oxygen atoms in total. The lowest BCUT2D eigenvalue weighted by atomic mass is 9.86. The number of nitrogens with zero attached hydrogens (tertiary/aromatic N) is 1. The fourth-order valence-electron chi connectivity index (χ4n) is 2.51. The average Bonchev–Trinajstić information content (AvgIpc) is 2.37. The van der Waals surface area contributed by atoms with Crippen molar-refractivity contribution >= 4 is 11.8 Å². The normalized spacial score (nSPS) is 26.5. The van der Waals surface area contributed by atoms with E-state index in [2.05, 4.69) is 17.5 Å². The van der Waals surface area contributed by atoms with Gasteiger partial charge in [-0.1, -0.05) is 24.3 Å². The first kappa shape index (κ1) is 11.9. The summed E-state index contributed by atoms with van der Waals surface area (Å²) in [6.07, 6.45) is 10.3. The summed E-state index contributed by atoms with van der Waals surface area (Å²) in [5.41, 5.74) is 0. The minimum absolute atomic E-state index is 0.0444. The monoisotopic (exact) mass is 234 g/mol. The standard InChI is InChI=1S/C13H18N2O2/c1-14-12(16)9-13(17)15-8-4-6-10-5-2-3-7-11(10)15/h2-3,5,7,10-11H,4,6,8-9H2,1H3,(H,14,16). The fourth-order valence-corrected chi connectivity index (χ4v) is 2.51. The lowest BCUT2D eigenvalue weighted by Crippen LogP contribution is -2.48. The highest BCUT2D eigenvalue weighted by Crippen LogP contribution is 2.28. The molecule has 4 heteroatoms. The van der Waals surface area contributed by atoms with Crippen molar-refractivity contribution in [3.63, 3.8) is 0 Å². The summed E-state index contributed by atoms with van der Waals surface area (Å²) in [4.78, 5) is 25.1. The molecule has 0 bridgehead atoms. The number of likely N-dealkylation sites (tertiary alicyclic amines) is 1. The van der Waals surface area contributed by atoms with Crippen molar-refractivity contribution in [2.45, 2.75) is 25.3 Å². The molecule has 2 unspecified atom stereocenters. The molecule has 0 aromatic heterocycles. The second-order valence-electron chi connectivity index (χ2n) is 4.50. The van der Waals surface area contributed by atoms with Crippen molar-refractivity contribution in [3.05, 3.63) is 24.3 Å². The highest BCUT2D eigenvalue weighted by molar-refractivity contribution is 5.97. The first-order chi connectivity index (χ1) is 8.22. The zero-order valence-corrected chi connectivity index (χ0v) is 10.1. The number of hydrogen-bond donors (Lipinski definition) is 1. The van der Waals surface area contributed by atoms with Crippen LogP contribution in [-0.4, -0.2) is 36.3 Å². The van der Waals surface area contributed by atoms with Gasteiger partial charge in [0.2, 0.25) is 11.8 Å². The van der Waals surface area contributed by atoms with E-state index in [0.29, 0.717) is 5.92 Å². The third-order valence-electron chi connectivity index (χ3n) is 3.42. The van der Waals surface area contributed by atoms with Gasteiger partial charge in [0.05, 0.1) is 6.04 Å². The number of hydrogen-bond acceptors (Lipinski definition) is 2. The molecule has 0 aromatic carbocycles. The summed E-state index contributed by atoms with van der Waals surface area (Å²) in [5.74, 6) is 0.133. The van der Waals surface area contributed by atoms with E-state index in [1.807, 2.05) is 17.1 Å². The zero-order chi connectivity index (χ0) is 12.3. The number of carbonyl (C=O) groups is 2. The first-order valence-corrected chi connectivity index (χ1v) is 6.07. The van der Waals surface area contributed by atoms with Gasteiger partial charge < -0.3 is 10.2 Å². The number of piperidine rings is 1. The molecule has 1 N–H and O–H groups in total. The van der Waals surface area contributed by atoms with Crippen LogP contribution in [0.15, 0.2) is 24.3 Å². The van der Waals surface area contributed by atoms with Gasteiger partial charge in [-0.15, -0.1) is 0 Å². The van der Waals surface area contributed by atoms with Crippen LogP contribution in [0, 0.1) is 5.92 Å². The van der Waals surface area contributed by atoms with Gasteiger partial charge in [0.1, 0.15) is 6.42 Å². The van der Waals surface area contributed by atoms with E-state index >= 15 is 0 Å². The molecule has 1 aliphatic heterocycles. The molecule has 1 fully saturated rings. The molecule has 1 heterocycles. The van der Waals surface area contributed by atoms with Gasteiger partial charge in [-0.05, 0) is 12.8 Å². The summed E-state index contributed by atoms with van der Waals surface area (Å²) in [6.45, 7) is 0.759. The van der Waals surface area contributed by atoms with E-state index < -0.39 is 0 Å². The zero-order valence-electron chi connectivity index (χ0n) is 10.1. The molecule has 1 saturated heterocycles. The molecule has 2 rings (SSSR count). The highest BCUT2D eigenvalue weighted by atomic mass is 16.2. The number of fused-ring (bicyclic) bond motifs is 1. The predicted octanol–water partition coefficient (Wildman–Crippen LogP) is 0.856. The van der Waals surface area contributed by atoms with Crippen LogP contribution in [0.5, 0.6) is 0 Å². The second-order valence-corrected chi connectivity index (χ2v) is 4.50. The van der Waals surface area contributed by atoms with Gasteiger partial charge >= 0.3 is 0 Å². The minimum Gasteiger partial charge on any atom is -0.359 e. The van der Waals surface area contributed by atoms with Gasteiger partial charge in [-0.2, -0.15) is 0 Å². The van der Waals surface area contributed by atoms with Crippen molar-refractivity contribution in [1.29, 1.82) is 0 Å². The maximum atomic E-state index is 12.0. The number of rotatable bonds is 2. The Balaban J connectivity index is 2.04. The quantitative estimate of drug-likeness (QED) is 0.720. The van der Waals surface area contributed by atoms with Crippen LogP contribution in [-0.2, 0) is 9.59 Å². The molecule has 0 aromatic rings. The van der Waals surface area contributed by atoms with Crippen LogP contribution < -0.4 is 5.32 Å². The molecule has 0 spiro atoms. The topological polar surface area (TPSA) is 49.4 Å². The van der Waals surface area contributed by atoms with Gasteiger partial charge in [0, 0.05) is 19.5 Å². The highest BCUT2D eigenvalue weighted by Gasteiger charge is 2.32. The Hall–Kier alpha value is -1.58. The Morgan fingerprint density at radius 1 is 1.35 bits per heavy atom. The van der Waals surface area contributed by atoms with Crippen LogP contribution in [0.3, 0.4) is 0 Å². The Kier molecular flexibility index (Phi) is 3.61. The third kappa shape index (κ3) is 2.57. The SMILES string of the molecule is CNC(=O)CC(=O)N1CCCC2C=CC=CC21. The second kappa shape index (κ2) is 5.17. The van der Waals surface area contributed by atoms with Crippen LogP contribution in [0.4, 0.5) is 0 Å². The van der Waals surface area contributed by atoms with Crippen LogP contribution in [0.1, 0.15) is 19.3 Å². The maximum Gasteiger partial charge on any atom is 0.232 e. The van der Waals surface area contributed by atoms with E-state index in [-0.39, 0.29) is 24.3 Å². The summed E-state index contributed by atoms with van der Waals surface area (Å²) >= 11 is 0. The molecule has 92 valence electrons. The van der Waals surface area contributed by atoms with Crippen molar-refractivity contribution in [1.82, 2.24) is 10.2 Å². The molecule has 2 amide bonds. The van der Waals surface area contributed by atoms with Crippen LogP contribution in [0.25, 0.3) is 0 Å². The molecule has 2 aliphatic rings. The number of amides is 2. The predicted molar refractivity (Wildman–Crippen MR) is 65.2 cm³/mol. The molecule has 0 saturated carbocycles. The molecular weight excluding hydrogens is 216 g/mol. The summed E-state index contributed by atoms with van der Waals surface area (Å²) in [6, 6.07) is 0.144. The van der Waals surface area contributed by atoms with Crippen molar-refractivity contribution in [2.75, 3.05) is 13.6 Å². The van der Waals surface area contributed by atoms with Gasteiger partial charge in [0.15, 0.2) is 0 Å². The Bertz CT molecular complexity index is 374. The summed E-state index contributed by atoms with van der Waals surface area (Å²) in [7, 11) is 1.55. The van der Waals surface area contributed by atoms with E-state index in [1.165, 1.54) is 0 Å². The van der Waals surface area contributed by atoms with Crippen molar-refractivity contribution in [2.24, 2.45) is 5.92 Å². The third-order valence-corrected chi connectivity index (χ3v) is 3.42. The summed E-state index contributed by atoms with van der Waals surface area (Å²) in [5, 5.41) is 2.49. The van der Waals surface area contributed by atoms with Crippen LogP contribution in [0.2, 0.25) is 0 Å².